The topological polar surface area (TPSA) is 78.1 Å². The van der Waals surface area contributed by atoms with Gasteiger partial charge in [-0.1, -0.05) is 0 Å². The molecule has 132 valence electrons. The quantitative estimate of drug-likeness (QED) is 0.830. The largest absolute Gasteiger partial charge is 0.454 e. The zero-order valence-electron chi connectivity index (χ0n) is 13.0. The van der Waals surface area contributed by atoms with Gasteiger partial charge in [0, 0.05) is 24.7 Å². The summed E-state index contributed by atoms with van der Waals surface area (Å²) in [5, 5.41) is 5.76. The van der Waals surface area contributed by atoms with Gasteiger partial charge in [-0.15, -0.1) is 0 Å². The van der Waals surface area contributed by atoms with Crippen LogP contribution in [0.1, 0.15) is 12.5 Å². The molecule has 3 rings (SSSR count). The van der Waals surface area contributed by atoms with Crippen LogP contribution in [0.2, 0.25) is 0 Å². The second kappa shape index (κ2) is 7.18. The molecule has 2 heterocycles. The molecule has 0 aliphatic carbocycles. The maximum atomic E-state index is 12.6. The number of nitrogens with one attached hydrogen (secondary N) is 2. The van der Waals surface area contributed by atoms with E-state index in [1.165, 1.54) is 12.1 Å². The second-order valence-corrected chi connectivity index (χ2v) is 5.42. The first-order chi connectivity index (χ1) is 11.5. The van der Waals surface area contributed by atoms with Crippen molar-refractivity contribution in [2.75, 3.05) is 19.9 Å². The minimum absolute atomic E-state index is 0.0140. The van der Waals surface area contributed by atoms with Crippen LogP contribution in [0.4, 0.5) is 8.78 Å². The van der Waals surface area contributed by atoms with E-state index in [0.717, 1.165) is 0 Å². The lowest BCUT2D eigenvalue weighted by molar-refractivity contribution is -0.129. The van der Waals surface area contributed by atoms with Crippen LogP contribution in [0.15, 0.2) is 12.1 Å². The lowest BCUT2D eigenvalue weighted by Crippen LogP contribution is -2.55. The highest BCUT2D eigenvalue weighted by Crippen LogP contribution is 2.38. The number of rotatable bonds is 5. The Morgan fingerprint density at radius 2 is 2.17 bits per heavy atom. The molecule has 0 spiro atoms. The number of halogens is 2. The van der Waals surface area contributed by atoms with E-state index in [0.29, 0.717) is 30.2 Å². The molecule has 0 radical (unpaired) electrons. The predicted octanol–water partition coefficient (Wildman–Crippen LogP) is 1.01. The second-order valence-electron chi connectivity index (χ2n) is 5.42. The van der Waals surface area contributed by atoms with Crippen LogP contribution in [0.5, 0.6) is 17.2 Å². The summed E-state index contributed by atoms with van der Waals surface area (Å²) in [5.74, 6) is 0.420. The van der Waals surface area contributed by atoms with E-state index >= 15 is 0 Å². The smallest absolute Gasteiger partial charge is 0.387 e. The number of carbonyl (C=O) groups is 1. The van der Waals surface area contributed by atoms with Gasteiger partial charge in [-0.2, -0.15) is 8.78 Å². The fourth-order valence-electron chi connectivity index (χ4n) is 2.63. The summed E-state index contributed by atoms with van der Waals surface area (Å²) in [4.78, 5) is 12.3. The highest BCUT2D eigenvalue weighted by molar-refractivity contribution is 5.82. The number of ether oxygens (including phenoxy) is 4. The summed E-state index contributed by atoms with van der Waals surface area (Å²) in [6, 6.07) is 2.36. The van der Waals surface area contributed by atoms with Crippen molar-refractivity contribution in [2.24, 2.45) is 0 Å². The standard InChI is InChI=1S/C15H18F2N2O5/c1-8-13(18-2-3-21-8)14(20)19-6-9-4-11-12(23-7-22-11)5-10(9)24-15(16)17/h4-5,8,13,15,18H,2-3,6-7H2,1H3,(H,19,20)/t8-,13+/m1/s1. The summed E-state index contributed by atoms with van der Waals surface area (Å²) in [6.07, 6.45) is -0.271. The van der Waals surface area contributed by atoms with Crippen LogP contribution >= 0.6 is 0 Å². The normalized spacial score (nSPS) is 22.5. The van der Waals surface area contributed by atoms with Crippen molar-refractivity contribution in [3.8, 4) is 17.2 Å². The number of carbonyl (C=O) groups excluding carboxylic acids is 1. The van der Waals surface area contributed by atoms with Gasteiger partial charge in [0.25, 0.3) is 0 Å². The molecule has 9 heteroatoms. The van der Waals surface area contributed by atoms with Crippen LogP contribution in [-0.2, 0) is 16.1 Å². The van der Waals surface area contributed by atoms with E-state index in [4.69, 9.17) is 14.2 Å². The lowest BCUT2D eigenvalue weighted by Gasteiger charge is -2.29. The van der Waals surface area contributed by atoms with Crippen LogP contribution in [0.3, 0.4) is 0 Å². The molecule has 1 fully saturated rings. The molecular weight excluding hydrogens is 326 g/mol. The highest BCUT2D eigenvalue weighted by Gasteiger charge is 2.28. The Morgan fingerprint density at radius 1 is 1.42 bits per heavy atom. The zero-order chi connectivity index (χ0) is 17.1. The van der Waals surface area contributed by atoms with Crippen molar-refractivity contribution in [2.45, 2.75) is 32.2 Å². The first-order valence-corrected chi connectivity index (χ1v) is 7.54. The fourth-order valence-corrected chi connectivity index (χ4v) is 2.63. The maximum absolute atomic E-state index is 12.6. The molecule has 0 saturated carbocycles. The molecule has 1 aromatic rings. The van der Waals surface area contributed by atoms with Crippen molar-refractivity contribution in [1.82, 2.24) is 10.6 Å². The van der Waals surface area contributed by atoms with E-state index in [1.807, 2.05) is 0 Å². The third-order valence-corrected chi connectivity index (χ3v) is 3.82. The Morgan fingerprint density at radius 3 is 2.88 bits per heavy atom. The molecule has 1 amide bonds. The van der Waals surface area contributed by atoms with E-state index in [1.54, 1.807) is 6.92 Å². The molecular formula is C15H18F2N2O5. The van der Waals surface area contributed by atoms with Gasteiger partial charge in [0.15, 0.2) is 11.5 Å². The van der Waals surface area contributed by atoms with Gasteiger partial charge in [0.05, 0.1) is 12.7 Å². The number of fused-ring (bicyclic) bond motifs is 1. The summed E-state index contributed by atoms with van der Waals surface area (Å²) in [5.41, 5.74) is 0.372. The minimum Gasteiger partial charge on any atom is -0.454 e. The van der Waals surface area contributed by atoms with E-state index in [9.17, 15) is 13.6 Å². The Balaban J connectivity index is 1.70. The van der Waals surface area contributed by atoms with Gasteiger partial charge >= 0.3 is 6.61 Å². The van der Waals surface area contributed by atoms with Gasteiger partial charge in [-0.3, -0.25) is 4.79 Å². The third-order valence-electron chi connectivity index (χ3n) is 3.82. The van der Waals surface area contributed by atoms with Crippen LogP contribution in [0.25, 0.3) is 0 Å². The Bertz CT molecular complexity index is 614. The summed E-state index contributed by atoms with van der Waals surface area (Å²) in [6.45, 7) is -0.0375. The van der Waals surface area contributed by atoms with E-state index in [-0.39, 0.29) is 31.1 Å². The number of hydrogen-bond donors (Lipinski definition) is 2. The molecule has 2 atom stereocenters. The molecule has 1 aromatic carbocycles. The number of hydrogen-bond acceptors (Lipinski definition) is 6. The molecule has 1 saturated heterocycles. The van der Waals surface area contributed by atoms with Gasteiger partial charge in [0.1, 0.15) is 11.8 Å². The van der Waals surface area contributed by atoms with Gasteiger partial charge in [-0.05, 0) is 13.0 Å². The minimum atomic E-state index is -2.98. The van der Waals surface area contributed by atoms with Gasteiger partial charge < -0.3 is 29.6 Å². The molecule has 2 N–H and O–H groups in total. The van der Waals surface area contributed by atoms with Crippen molar-refractivity contribution in [3.05, 3.63) is 17.7 Å². The average Bonchev–Trinajstić information content (AvgIpc) is 2.99. The number of morpholine rings is 1. The molecule has 0 aromatic heterocycles. The van der Waals surface area contributed by atoms with Crippen molar-refractivity contribution < 1.29 is 32.5 Å². The third kappa shape index (κ3) is 3.68. The molecule has 7 nitrogen and oxygen atoms in total. The summed E-state index contributed by atoms with van der Waals surface area (Å²) >= 11 is 0. The molecule has 0 unspecified atom stereocenters. The van der Waals surface area contributed by atoms with Crippen LogP contribution < -0.4 is 24.8 Å². The summed E-state index contributed by atoms with van der Waals surface area (Å²) in [7, 11) is 0. The molecule has 2 aliphatic rings. The average molecular weight is 344 g/mol. The van der Waals surface area contributed by atoms with Gasteiger partial charge in [-0.25, -0.2) is 0 Å². The molecule has 2 aliphatic heterocycles. The predicted molar refractivity (Wildman–Crippen MR) is 78.2 cm³/mol. The maximum Gasteiger partial charge on any atom is 0.387 e. The van der Waals surface area contributed by atoms with Crippen LogP contribution in [0, 0.1) is 0 Å². The lowest BCUT2D eigenvalue weighted by atomic mass is 10.1. The molecule has 0 bridgehead atoms. The highest BCUT2D eigenvalue weighted by atomic mass is 19.3. The fraction of sp³-hybridized carbons (Fsp3) is 0.533. The van der Waals surface area contributed by atoms with Crippen molar-refractivity contribution in [3.63, 3.8) is 0 Å². The summed E-state index contributed by atoms with van der Waals surface area (Å²) < 4.78 is 45.5. The SMILES string of the molecule is C[C@H]1OCCN[C@@H]1C(=O)NCc1cc2c(cc1OC(F)F)OCO2. The Kier molecular flexibility index (Phi) is 5.00. The van der Waals surface area contributed by atoms with Crippen LogP contribution in [-0.4, -0.2) is 44.6 Å². The number of alkyl halides is 2. The first-order valence-electron chi connectivity index (χ1n) is 7.54. The van der Waals surface area contributed by atoms with Crippen molar-refractivity contribution >= 4 is 5.91 Å². The van der Waals surface area contributed by atoms with E-state index < -0.39 is 12.7 Å². The van der Waals surface area contributed by atoms with Crippen molar-refractivity contribution in [1.29, 1.82) is 0 Å². The first kappa shape index (κ1) is 16.7. The Hall–Kier alpha value is -2.13. The Labute approximate surface area is 137 Å². The monoisotopic (exact) mass is 344 g/mol. The number of benzene rings is 1. The number of amides is 1. The van der Waals surface area contributed by atoms with E-state index in [2.05, 4.69) is 15.4 Å². The zero-order valence-corrected chi connectivity index (χ0v) is 13.0. The molecule has 24 heavy (non-hydrogen) atoms. The van der Waals surface area contributed by atoms with Gasteiger partial charge in [0.2, 0.25) is 12.7 Å².